The minimum absolute atomic E-state index is 0.00103. The highest BCUT2D eigenvalue weighted by Gasteiger charge is 2.22. The minimum Gasteiger partial charge on any atom is -0.352 e. The Morgan fingerprint density at radius 3 is 2.00 bits per heavy atom. The van der Waals surface area contributed by atoms with Crippen LogP contribution in [-0.4, -0.2) is 72.5 Å². The third-order valence-electron chi connectivity index (χ3n) is 7.39. The van der Waals surface area contributed by atoms with E-state index in [4.69, 9.17) is 0 Å². The number of non-ortho nitro benzene ring substituents is 1. The van der Waals surface area contributed by atoms with E-state index in [9.17, 15) is 43.3 Å². The number of nitrogens with zero attached hydrogens (tertiary/aromatic N) is 1. The summed E-state index contributed by atoms with van der Waals surface area (Å²) in [6.45, 7) is 3.07. The van der Waals surface area contributed by atoms with Crippen LogP contribution in [-0.2, 0) is 35.2 Å². The number of carbonyl (C=O) groups is 6. The number of nitro benzene ring substituents is 1. The molecule has 1 aliphatic carbocycles. The topological polar surface area (TPSA) is 206 Å². The van der Waals surface area contributed by atoms with Crippen molar-refractivity contribution in [1.29, 1.82) is 0 Å². The highest BCUT2D eigenvalue weighted by molar-refractivity contribution is 5.99. The van der Waals surface area contributed by atoms with Crippen LogP contribution in [0.2, 0.25) is 0 Å². The lowest BCUT2D eigenvalue weighted by atomic mass is 9.91. The Balaban J connectivity index is 0.000000394. The zero-order valence-electron chi connectivity index (χ0n) is 27.5. The number of nitro groups is 1. The number of halogens is 1. The summed E-state index contributed by atoms with van der Waals surface area (Å²) >= 11 is 0. The largest absolute Gasteiger partial charge is 0.352 e. The number of aldehydes is 1. The Labute approximate surface area is 283 Å². The number of hydrogen-bond donors (Lipinski definition) is 5. The molecule has 1 aliphatic heterocycles. The van der Waals surface area contributed by atoms with Gasteiger partial charge < -0.3 is 31.4 Å². The molecule has 1 saturated carbocycles. The van der Waals surface area contributed by atoms with Crippen LogP contribution >= 0.6 is 0 Å². The van der Waals surface area contributed by atoms with Crippen molar-refractivity contribution in [2.75, 3.05) is 19.6 Å². The molecule has 5 N–H and O–H groups in total. The summed E-state index contributed by atoms with van der Waals surface area (Å²) in [7, 11) is 0. The molecule has 0 spiro atoms. The number of amides is 5. The maximum absolute atomic E-state index is 13.1. The summed E-state index contributed by atoms with van der Waals surface area (Å²) in [6.07, 6.45) is 9.57. The van der Waals surface area contributed by atoms with Crippen molar-refractivity contribution in [3.63, 3.8) is 0 Å². The van der Waals surface area contributed by atoms with Gasteiger partial charge in [-0.25, -0.2) is 4.39 Å². The normalized spacial score (nSPS) is 20.1. The first-order valence-electron chi connectivity index (χ1n) is 15.9. The van der Waals surface area contributed by atoms with E-state index in [-0.39, 0.29) is 18.7 Å². The van der Waals surface area contributed by atoms with Gasteiger partial charge in [-0.3, -0.25) is 34.1 Å². The molecule has 1 fully saturated rings. The summed E-state index contributed by atoms with van der Waals surface area (Å²) in [5.41, 5.74) is 1.73. The average Bonchev–Trinajstić information content (AvgIpc) is 3.08. The van der Waals surface area contributed by atoms with Gasteiger partial charge in [0.25, 0.3) is 5.69 Å². The van der Waals surface area contributed by atoms with Gasteiger partial charge in [0, 0.05) is 37.3 Å². The van der Waals surface area contributed by atoms with Crippen molar-refractivity contribution < 1.29 is 38.1 Å². The fourth-order valence-electron chi connectivity index (χ4n) is 4.60. The molecule has 2 aromatic rings. The van der Waals surface area contributed by atoms with Crippen LogP contribution in [0.3, 0.4) is 0 Å². The van der Waals surface area contributed by atoms with Crippen molar-refractivity contribution in [3.8, 4) is 0 Å². The van der Waals surface area contributed by atoms with Crippen LogP contribution in [0.5, 0.6) is 0 Å². The molecule has 2 atom stereocenters. The van der Waals surface area contributed by atoms with Gasteiger partial charge in [0.05, 0.1) is 18.0 Å². The maximum Gasteiger partial charge on any atom is 0.269 e. The standard InChI is InChI=1S/C20H22FN5O6.C7H7NO2.C7H14/c21-13-3-1-12(2-4-13)7-15-20(32)24-9-18(30)22-8-14(11-27)25-17(29)6-5-16(28)23-10-19(31)26-15;1-6-2-4-7(5-3-6)8(9)10;1-7-5-3-2-4-6-7/h1-6,11,14-15H,7-10H2,(H,22,30)(H,23,28)(H,24,32)(H,25,29)(H,26,31);2-5H,1H3;7H,2-6H2,1H3/b6-5-;;/t14-,15-;;/m0../s1. The third kappa shape index (κ3) is 16.8. The summed E-state index contributed by atoms with van der Waals surface area (Å²) in [4.78, 5) is 81.1. The SMILES string of the molecule is CC1CCCCC1.Cc1ccc([N+](=O)[O-])cc1.O=C[C@@H]1CNC(=O)CNC(=O)[C@H](Cc2ccc(F)cc2)NC(=O)CNC(=O)/C=C\C(=O)N1. The average molecular weight is 683 g/mol. The highest BCUT2D eigenvalue weighted by atomic mass is 19.1. The summed E-state index contributed by atoms with van der Waals surface area (Å²) in [5.74, 6) is -2.97. The molecule has 14 nitrogen and oxygen atoms in total. The second-order valence-corrected chi connectivity index (χ2v) is 11.6. The molecule has 1 heterocycles. The van der Waals surface area contributed by atoms with Crippen LogP contribution in [0.1, 0.15) is 50.2 Å². The van der Waals surface area contributed by atoms with Crippen LogP contribution in [0.4, 0.5) is 10.1 Å². The van der Waals surface area contributed by atoms with Crippen molar-refractivity contribution in [3.05, 3.63) is 87.7 Å². The van der Waals surface area contributed by atoms with Gasteiger partial charge in [0.2, 0.25) is 29.5 Å². The van der Waals surface area contributed by atoms with Crippen molar-refractivity contribution in [1.82, 2.24) is 26.6 Å². The monoisotopic (exact) mass is 682 g/mol. The van der Waals surface area contributed by atoms with Crippen molar-refractivity contribution in [2.45, 2.75) is 64.5 Å². The molecule has 15 heteroatoms. The Kier molecular flexibility index (Phi) is 17.4. The first-order chi connectivity index (χ1) is 23.4. The molecule has 5 amide bonds. The van der Waals surface area contributed by atoms with Crippen LogP contribution in [0.25, 0.3) is 0 Å². The summed E-state index contributed by atoms with van der Waals surface area (Å²) in [6, 6.07) is 9.55. The van der Waals surface area contributed by atoms with Gasteiger partial charge in [-0.2, -0.15) is 0 Å². The number of carbonyl (C=O) groups excluding carboxylic acids is 6. The zero-order valence-corrected chi connectivity index (χ0v) is 27.5. The smallest absolute Gasteiger partial charge is 0.269 e. The molecule has 0 aromatic heterocycles. The predicted molar refractivity (Wildman–Crippen MR) is 178 cm³/mol. The fourth-order valence-corrected chi connectivity index (χ4v) is 4.60. The van der Waals surface area contributed by atoms with Gasteiger partial charge in [-0.1, -0.05) is 68.9 Å². The van der Waals surface area contributed by atoms with Gasteiger partial charge in [0.15, 0.2) is 0 Å². The molecule has 2 aliphatic rings. The van der Waals surface area contributed by atoms with E-state index >= 15 is 0 Å². The van der Waals surface area contributed by atoms with Gasteiger partial charge >= 0.3 is 0 Å². The molecule has 0 bridgehead atoms. The predicted octanol–water partition coefficient (Wildman–Crippen LogP) is 1.94. The number of nitrogens with one attached hydrogen (secondary N) is 5. The van der Waals surface area contributed by atoms with E-state index in [2.05, 4.69) is 33.5 Å². The summed E-state index contributed by atoms with van der Waals surface area (Å²) < 4.78 is 13.1. The van der Waals surface area contributed by atoms with E-state index in [1.165, 1.54) is 68.5 Å². The lowest BCUT2D eigenvalue weighted by Gasteiger charge is -2.19. The number of aryl methyl sites for hydroxylation is 1. The molecule has 4 rings (SSSR count). The van der Waals surface area contributed by atoms with E-state index in [0.717, 1.165) is 23.6 Å². The first-order valence-corrected chi connectivity index (χ1v) is 15.9. The van der Waals surface area contributed by atoms with E-state index in [1.54, 1.807) is 12.1 Å². The van der Waals surface area contributed by atoms with Gasteiger partial charge in [-0.05, 0) is 30.5 Å². The summed E-state index contributed by atoms with van der Waals surface area (Å²) in [5, 5.41) is 21.8. The lowest BCUT2D eigenvalue weighted by molar-refractivity contribution is -0.384. The number of hydrogen-bond acceptors (Lipinski definition) is 8. The highest BCUT2D eigenvalue weighted by Crippen LogP contribution is 2.22. The molecule has 49 heavy (non-hydrogen) atoms. The Bertz CT molecular complexity index is 1460. The molecule has 0 radical (unpaired) electrons. The second kappa shape index (κ2) is 21.4. The molecule has 0 saturated heterocycles. The zero-order chi connectivity index (χ0) is 36.2. The van der Waals surface area contributed by atoms with Crippen LogP contribution in [0.15, 0.2) is 60.7 Å². The second-order valence-electron chi connectivity index (χ2n) is 11.6. The van der Waals surface area contributed by atoms with Gasteiger partial charge in [0.1, 0.15) is 24.2 Å². The van der Waals surface area contributed by atoms with E-state index < -0.39 is 65.4 Å². The third-order valence-corrected chi connectivity index (χ3v) is 7.39. The molecular formula is C34H43FN6O8. The van der Waals surface area contributed by atoms with Crippen LogP contribution in [0, 0.1) is 28.8 Å². The molecule has 0 unspecified atom stereocenters. The van der Waals surface area contributed by atoms with Crippen molar-refractivity contribution in [2.24, 2.45) is 5.92 Å². The van der Waals surface area contributed by atoms with Crippen molar-refractivity contribution >= 4 is 41.5 Å². The van der Waals surface area contributed by atoms with E-state index in [0.29, 0.717) is 11.8 Å². The molecule has 2 aromatic carbocycles. The molecular weight excluding hydrogens is 639 g/mol. The fraction of sp³-hybridized carbons (Fsp3) is 0.412. The van der Waals surface area contributed by atoms with Crippen LogP contribution < -0.4 is 26.6 Å². The minimum atomic E-state index is -1.12. The number of benzene rings is 2. The van der Waals surface area contributed by atoms with E-state index in [1.807, 2.05) is 6.92 Å². The number of rotatable bonds is 4. The first kappa shape index (κ1) is 39.7. The Morgan fingerprint density at radius 1 is 0.816 bits per heavy atom. The lowest BCUT2D eigenvalue weighted by Crippen LogP contribution is -2.52. The molecule has 264 valence electrons. The Morgan fingerprint density at radius 2 is 1.43 bits per heavy atom. The Hall–Kier alpha value is -5.47. The maximum atomic E-state index is 13.1. The van der Waals surface area contributed by atoms with Gasteiger partial charge in [-0.15, -0.1) is 0 Å². The quantitative estimate of drug-likeness (QED) is 0.183.